The van der Waals surface area contributed by atoms with Gasteiger partial charge in [0.15, 0.2) is 11.5 Å². The Hall–Kier alpha value is -4.54. The fraction of sp³-hybridized carbons (Fsp3) is 0.242. The predicted molar refractivity (Wildman–Crippen MR) is 163 cm³/mol. The average Bonchev–Trinajstić information content (AvgIpc) is 3.52. The number of hydrogen-bond donors (Lipinski definition) is 0. The highest BCUT2D eigenvalue weighted by molar-refractivity contribution is 7.92. The maximum Gasteiger partial charge on any atom is 0.264 e. The van der Waals surface area contributed by atoms with Crippen molar-refractivity contribution in [2.24, 2.45) is 0 Å². The van der Waals surface area contributed by atoms with Crippen LogP contribution in [0.3, 0.4) is 0 Å². The Morgan fingerprint density at radius 1 is 0.814 bits per heavy atom. The summed E-state index contributed by atoms with van der Waals surface area (Å²) in [6, 6.07) is 28.6. The molecular formula is C33H33N3O6S. The lowest BCUT2D eigenvalue weighted by atomic mass is 10.1. The van der Waals surface area contributed by atoms with Crippen LogP contribution in [0.1, 0.15) is 21.5 Å². The molecule has 1 fully saturated rings. The van der Waals surface area contributed by atoms with E-state index in [0.29, 0.717) is 43.2 Å². The number of methoxy groups -OCH3 is 1. The Morgan fingerprint density at radius 2 is 1.51 bits per heavy atom. The molecule has 222 valence electrons. The summed E-state index contributed by atoms with van der Waals surface area (Å²) in [5.41, 5.74) is 2.61. The van der Waals surface area contributed by atoms with Gasteiger partial charge in [-0.1, -0.05) is 48.5 Å². The predicted octanol–water partition coefficient (Wildman–Crippen LogP) is 4.78. The molecule has 0 spiro atoms. The molecule has 0 N–H and O–H groups in total. The monoisotopic (exact) mass is 599 g/mol. The molecule has 4 aromatic carbocycles. The molecule has 2 aliphatic rings. The fourth-order valence-corrected chi connectivity index (χ4v) is 6.84. The molecule has 1 saturated heterocycles. The van der Waals surface area contributed by atoms with E-state index in [2.05, 4.69) is 4.90 Å². The van der Waals surface area contributed by atoms with Gasteiger partial charge in [0.1, 0.15) is 5.75 Å². The van der Waals surface area contributed by atoms with E-state index in [9.17, 15) is 13.2 Å². The van der Waals surface area contributed by atoms with Gasteiger partial charge in [0, 0.05) is 32.7 Å². The maximum atomic E-state index is 14.1. The molecule has 0 atom stereocenters. The van der Waals surface area contributed by atoms with Gasteiger partial charge in [-0.3, -0.25) is 14.0 Å². The molecule has 0 saturated carbocycles. The third-order valence-electron chi connectivity index (χ3n) is 7.72. The molecule has 0 unspecified atom stereocenters. The number of para-hydroxylation sites is 1. The molecule has 1 amide bonds. The van der Waals surface area contributed by atoms with Crippen LogP contribution in [0.2, 0.25) is 0 Å². The summed E-state index contributed by atoms with van der Waals surface area (Å²) in [6.07, 6.45) is 0. The van der Waals surface area contributed by atoms with Crippen LogP contribution in [-0.4, -0.2) is 64.2 Å². The summed E-state index contributed by atoms with van der Waals surface area (Å²) in [7, 11) is -2.50. The molecule has 2 heterocycles. The van der Waals surface area contributed by atoms with Crippen LogP contribution in [-0.2, 0) is 23.1 Å². The largest absolute Gasteiger partial charge is 0.497 e. The van der Waals surface area contributed by atoms with Crippen molar-refractivity contribution in [1.29, 1.82) is 0 Å². The number of carbonyl (C=O) groups is 1. The van der Waals surface area contributed by atoms with Gasteiger partial charge >= 0.3 is 0 Å². The van der Waals surface area contributed by atoms with Crippen LogP contribution in [0.25, 0.3) is 0 Å². The molecule has 0 bridgehead atoms. The Morgan fingerprint density at radius 3 is 2.26 bits per heavy atom. The summed E-state index contributed by atoms with van der Waals surface area (Å²) in [4.78, 5) is 18.2. The zero-order valence-electron chi connectivity index (χ0n) is 23.9. The van der Waals surface area contributed by atoms with Gasteiger partial charge in [0.2, 0.25) is 6.79 Å². The first-order valence-electron chi connectivity index (χ1n) is 14.1. The normalized spacial score (nSPS) is 14.9. The molecule has 0 radical (unpaired) electrons. The molecular weight excluding hydrogens is 566 g/mol. The summed E-state index contributed by atoms with van der Waals surface area (Å²) < 4.78 is 45.7. The molecule has 10 heteroatoms. The lowest BCUT2D eigenvalue weighted by Crippen LogP contribution is -2.48. The van der Waals surface area contributed by atoms with Crippen LogP contribution in [0.5, 0.6) is 17.2 Å². The number of nitrogens with zero attached hydrogens (tertiary/aromatic N) is 3. The van der Waals surface area contributed by atoms with Crippen molar-refractivity contribution in [3.8, 4) is 17.2 Å². The van der Waals surface area contributed by atoms with Crippen molar-refractivity contribution in [3.05, 3.63) is 114 Å². The van der Waals surface area contributed by atoms with E-state index < -0.39 is 10.0 Å². The lowest BCUT2D eigenvalue weighted by Gasteiger charge is -2.35. The number of sulfonamides is 1. The summed E-state index contributed by atoms with van der Waals surface area (Å²) in [5, 5.41) is 0. The third kappa shape index (κ3) is 6.16. The Kier molecular flexibility index (Phi) is 8.22. The minimum atomic E-state index is -4.03. The standard InChI is InChI=1S/C33H33N3O6S/c1-40-27-12-14-28(15-13-27)43(38,39)36(23-25-7-3-2-4-8-25)30-10-6-5-9-29(30)33(37)35-19-17-34(18-20-35)22-26-11-16-31-32(21-26)42-24-41-31/h2-16,21H,17-20,22-24H2,1H3. The zero-order valence-corrected chi connectivity index (χ0v) is 24.7. The summed E-state index contributed by atoms with van der Waals surface area (Å²) >= 11 is 0. The van der Waals surface area contributed by atoms with E-state index in [1.807, 2.05) is 48.5 Å². The highest BCUT2D eigenvalue weighted by Gasteiger charge is 2.31. The van der Waals surface area contributed by atoms with Crippen molar-refractivity contribution in [2.45, 2.75) is 18.0 Å². The number of carbonyl (C=O) groups excluding carboxylic acids is 1. The minimum Gasteiger partial charge on any atom is -0.497 e. The SMILES string of the molecule is COc1ccc(S(=O)(=O)N(Cc2ccccc2)c2ccccc2C(=O)N2CCN(Cc3ccc4c(c3)OCO4)CC2)cc1. The van der Waals surface area contributed by atoms with Gasteiger partial charge in [-0.2, -0.15) is 0 Å². The number of anilines is 1. The van der Waals surface area contributed by atoms with E-state index in [-0.39, 0.29) is 24.1 Å². The molecule has 43 heavy (non-hydrogen) atoms. The number of amides is 1. The van der Waals surface area contributed by atoms with E-state index in [1.165, 1.54) is 23.5 Å². The second kappa shape index (κ2) is 12.4. The first-order valence-corrected chi connectivity index (χ1v) is 15.6. The van der Waals surface area contributed by atoms with Crippen molar-refractivity contribution in [3.63, 3.8) is 0 Å². The van der Waals surface area contributed by atoms with Crippen LogP contribution >= 0.6 is 0 Å². The molecule has 0 aliphatic carbocycles. The highest BCUT2D eigenvalue weighted by atomic mass is 32.2. The minimum absolute atomic E-state index is 0.0722. The van der Waals surface area contributed by atoms with E-state index in [0.717, 1.165) is 29.2 Å². The average molecular weight is 600 g/mol. The van der Waals surface area contributed by atoms with Crippen LogP contribution in [0.15, 0.2) is 102 Å². The summed E-state index contributed by atoms with van der Waals surface area (Å²) in [5.74, 6) is 1.88. The first-order chi connectivity index (χ1) is 20.9. The van der Waals surface area contributed by atoms with Crippen LogP contribution in [0.4, 0.5) is 5.69 Å². The number of hydrogen-bond acceptors (Lipinski definition) is 7. The van der Waals surface area contributed by atoms with Gasteiger partial charge in [-0.15, -0.1) is 0 Å². The molecule has 2 aliphatic heterocycles. The second-order valence-electron chi connectivity index (χ2n) is 10.4. The van der Waals surface area contributed by atoms with Crippen molar-refractivity contribution in [2.75, 3.05) is 44.4 Å². The number of piperazine rings is 1. The first kappa shape index (κ1) is 28.6. The molecule has 9 nitrogen and oxygen atoms in total. The van der Waals surface area contributed by atoms with Crippen LogP contribution in [0, 0.1) is 0 Å². The van der Waals surface area contributed by atoms with Gasteiger partial charge in [-0.25, -0.2) is 8.42 Å². The Bertz CT molecular complexity index is 1690. The zero-order chi connectivity index (χ0) is 29.8. The number of benzene rings is 4. The van der Waals surface area contributed by atoms with Crippen molar-refractivity contribution < 1.29 is 27.4 Å². The second-order valence-corrected chi connectivity index (χ2v) is 12.3. The smallest absolute Gasteiger partial charge is 0.264 e. The van der Waals surface area contributed by atoms with Gasteiger partial charge in [-0.05, 0) is 59.7 Å². The number of fused-ring (bicyclic) bond motifs is 1. The highest BCUT2D eigenvalue weighted by Crippen LogP contribution is 2.33. The molecule has 4 aromatic rings. The van der Waals surface area contributed by atoms with Crippen molar-refractivity contribution >= 4 is 21.6 Å². The van der Waals surface area contributed by atoms with Crippen molar-refractivity contribution in [1.82, 2.24) is 9.80 Å². The third-order valence-corrected chi connectivity index (χ3v) is 9.50. The molecule has 0 aromatic heterocycles. The fourth-order valence-electron chi connectivity index (χ4n) is 5.37. The quantitative estimate of drug-likeness (QED) is 0.274. The lowest BCUT2D eigenvalue weighted by molar-refractivity contribution is 0.0629. The Balaban J connectivity index is 1.23. The van der Waals surface area contributed by atoms with E-state index in [4.69, 9.17) is 14.2 Å². The topological polar surface area (TPSA) is 88.6 Å². The molecule has 6 rings (SSSR count). The van der Waals surface area contributed by atoms with Gasteiger partial charge in [0.25, 0.3) is 15.9 Å². The van der Waals surface area contributed by atoms with Gasteiger partial charge < -0.3 is 19.1 Å². The van der Waals surface area contributed by atoms with Crippen LogP contribution < -0.4 is 18.5 Å². The number of ether oxygens (including phenoxy) is 3. The van der Waals surface area contributed by atoms with E-state index in [1.54, 1.807) is 41.3 Å². The van der Waals surface area contributed by atoms with Gasteiger partial charge in [0.05, 0.1) is 29.8 Å². The number of rotatable bonds is 9. The summed E-state index contributed by atoms with van der Waals surface area (Å²) in [6.45, 7) is 3.50. The maximum absolute atomic E-state index is 14.1. The van der Waals surface area contributed by atoms with E-state index >= 15 is 0 Å². The Labute approximate surface area is 251 Å².